The molecular formula is C11H22N2O5S. The molecule has 1 fully saturated rings. The van der Waals surface area contributed by atoms with Crippen LogP contribution in [0.2, 0.25) is 0 Å². The van der Waals surface area contributed by atoms with Crippen molar-refractivity contribution in [3.05, 3.63) is 0 Å². The Morgan fingerprint density at radius 3 is 2.58 bits per heavy atom. The third kappa shape index (κ3) is 3.65. The van der Waals surface area contributed by atoms with Gasteiger partial charge in [0.15, 0.2) is 5.25 Å². The quantitative estimate of drug-likeness (QED) is 0.646. The van der Waals surface area contributed by atoms with Crippen LogP contribution in [0.3, 0.4) is 0 Å². The molecule has 0 aromatic carbocycles. The molecule has 1 rings (SSSR count). The smallest absolute Gasteiger partial charge is 0.325 e. The van der Waals surface area contributed by atoms with Crippen molar-refractivity contribution >= 4 is 16.0 Å². The maximum Gasteiger partial charge on any atom is 0.325 e. The van der Waals surface area contributed by atoms with Crippen LogP contribution in [0.1, 0.15) is 13.3 Å². The number of likely N-dealkylation sites (N-methyl/N-ethyl adjacent to an activating group) is 1. The van der Waals surface area contributed by atoms with Gasteiger partial charge in [0.1, 0.15) is 0 Å². The molecule has 1 aliphatic heterocycles. The van der Waals surface area contributed by atoms with E-state index in [0.29, 0.717) is 13.0 Å². The number of β-amino-alcohol motifs (C(OH)–C–C–N with tert-alkyl or cyclic N) is 1. The van der Waals surface area contributed by atoms with Crippen molar-refractivity contribution in [1.82, 2.24) is 9.21 Å². The molecule has 112 valence electrons. The Hall–Kier alpha value is -0.700. The minimum Gasteiger partial charge on any atom is -0.468 e. The molecule has 0 saturated carbocycles. The van der Waals surface area contributed by atoms with Crippen molar-refractivity contribution in [2.45, 2.75) is 30.7 Å². The standard InChI is InChI=1S/C11H22N2O5S/c1-8(11(15)18-4)19(16,17)13-7-10(14)5-9(13)6-12(2)3/h8-10,14H,5-7H2,1-4H3. The number of carbonyl (C=O) groups is 1. The van der Waals surface area contributed by atoms with Crippen molar-refractivity contribution < 1.29 is 23.1 Å². The van der Waals surface area contributed by atoms with Crippen LogP contribution in [0.4, 0.5) is 0 Å². The van der Waals surface area contributed by atoms with E-state index in [4.69, 9.17) is 0 Å². The molecule has 0 spiro atoms. The number of ether oxygens (including phenoxy) is 1. The van der Waals surface area contributed by atoms with Gasteiger partial charge in [-0.2, -0.15) is 4.31 Å². The fraction of sp³-hybridized carbons (Fsp3) is 0.909. The van der Waals surface area contributed by atoms with Gasteiger partial charge in [0.05, 0.1) is 13.2 Å². The topological polar surface area (TPSA) is 87.2 Å². The highest BCUT2D eigenvalue weighted by Crippen LogP contribution is 2.24. The summed E-state index contributed by atoms with van der Waals surface area (Å²) in [6, 6.07) is -0.317. The second-order valence-corrected chi connectivity index (χ2v) is 7.29. The van der Waals surface area contributed by atoms with Gasteiger partial charge >= 0.3 is 5.97 Å². The number of aliphatic hydroxyl groups excluding tert-OH is 1. The predicted octanol–water partition coefficient (Wildman–Crippen LogP) is -1.13. The van der Waals surface area contributed by atoms with Crippen molar-refractivity contribution in [2.75, 3.05) is 34.3 Å². The van der Waals surface area contributed by atoms with Crippen LogP contribution < -0.4 is 0 Å². The normalized spacial score (nSPS) is 26.6. The first-order valence-corrected chi connectivity index (χ1v) is 7.61. The van der Waals surface area contributed by atoms with E-state index in [1.54, 1.807) is 0 Å². The molecule has 1 N–H and O–H groups in total. The van der Waals surface area contributed by atoms with E-state index < -0.39 is 27.3 Å². The molecule has 8 heteroatoms. The first-order valence-electron chi connectivity index (χ1n) is 6.11. The van der Waals surface area contributed by atoms with E-state index in [1.807, 2.05) is 19.0 Å². The highest BCUT2D eigenvalue weighted by atomic mass is 32.2. The fourth-order valence-corrected chi connectivity index (χ4v) is 3.95. The first-order chi connectivity index (χ1) is 8.70. The Labute approximate surface area is 114 Å². The van der Waals surface area contributed by atoms with Gasteiger partial charge in [0, 0.05) is 19.1 Å². The van der Waals surface area contributed by atoms with Gasteiger partial charge in [-0.05, 0) is 27.4 Å². The number of aliphatic hydroxyl groups is 1. The summed E-state index contributed by atoms with van der Waals surface area (Å²) in [4.78, 5) is 13.3. The molecule has 0 aromatic rings. The summed E-state index contributed by atoms with van der Waals surface area (Å²) in [6.07, 6.45) is -0.310. The van der Waals surface area contributed by atoms with Crippen LogP contribution in [0, 0.1) is 0 Å². The maximum absolute atomic E-state index is 12.4. The number of hydrogen-bond donors (Lipinski definition) is 1. The summed E-state index contributed by atoms with van der Waals surface area (Å²) in [5.41, 5.74) is 0. The van der Waals surface area contributed by atoms with Gasteiger partial charge in [-0.25, -0.2) is 8.42 Å². The molecule has 7 nitrogen and oxygen atoms in total. The van der Waals surface area contributed by atoms with Gasteiger partial charge in [-0.1, -0.05) is 0 Å². The Balaban J connectivity index is 2.94. The number of hydrogen-bond acceptors (Lipinski definition) is 6. The average molecular weight is 294 g/mol. The summed E-state index contributed by atoms with van der Waals surface area (Å²) >= 11 is 0. The SMILES string of the molecule is COC(=O)C(C)S(=O)(=O)N1CC(O)CC1CN(C)C. The second-order valence-electron chi connectivity index (χ2n) is 5.09. The lowest BCUT2D eigenvalue weighted by Gasteiger charge is -2.27. The van der Waals surface area contributed by atoms with Crippen LogP contribution >= 0.6 is 0 Å². The lowest BCUT2D eigenvalue weighted by atomic mass is 10.2. The number of sulfonamides is 1. The van der Waals surface area contributed by atoms with Crippen molar-refractivity contribution in [3.8, 4) is 0 Å². The summed E-state index contributed by atoms with van der Waals surface area (Å²) < 4.78 is 30.4. The molecule has 19 heavy (non-hydrogen) atoms. The van der Waals surface area contributed by atoms with Gasteiger partial charge in [-0.3, -0.25) is 4.79 Å². The highest BCUT2D eigenvalue weighted by Gasteiger charge is 2.43. The van der Waals surface area contributed by atoms with Crippen molar-refractivity contribution in [1.29, 1.82) is 0 Å². The van der Waals surface area contributed by atoms with Gasteiger partial charge < -0.3 is 14.7 Å². The number of nitrogens with zero attached hydrogens (tertiary/aromatic N) is 2. The van der Waals surface area contributed by atoms with E-state index in [2.05, 4.69) is 4.74 Å². The Bertz CT molecular complexity index is 423. The Morgan fingerprint density at radius 1 is 1.53 bits per heavy atom. The largest absolute Gasteiger partial charge is 0.468 e. The minimum absolute atomic E-state index is 0.0299. The zero-order chi connectivity index (χ0) is 14.8. The predicted molar refractivity (Wildman–Crippen MR) is 70.1 cm³/mol. The number of rotatable bonds is 5. The summed E-state index contributed by atoms with van der Waals surface area (Å²) in [5, 5.41) is 8.43. The number of carbonyl (C=O) groups excluding carboxylic acids is 1. The summed E-state index contributed by atoms with van der Waals surface area (Å²) in [7, 11) is 1.02. The summed E-state index contributed by atoms with van der Waals surface area (Å²) in [5.74, 6) is -0.787. The molecule has 0 aromatic heterocycles. The van der Waals surface area contributed by atoms with E-state index in [1.165, 1.54) is 11.2 Å². The zero-order valence-corrected chi connectivity index (χ0v) is 12.6. The average Bonchev–Trinajstić information content (AvgIpc) is 2.67. The molecule has 0 aliphatic carbocycles. The molecule has 1 heterocycles. The fourth-order valence-electron chi connectivity index (χ4n) is 2.25. The third-order valence-electron chi connectivity index (χ3n) is 3.22. The number of esters is 1. The van der Waals surface area contributed by atoms with Crippen LogP contribution in [-0.4, -0.2) is 80.4 Å². The van der Waals surface area contributed by atoms with Gasteiger partial charge in [0.2, 0.25) is 10.0 Å². The van der Waals surface area contributed by atoms with E-state index in [9.17, 15) is 18.3 Å². The van der Waals surface area contributed by atoms with Gasteiger partial charge in [0.25, 0.3) is 0 Å². The monoisotopic (exact) mass is 294 g/mol. The van der Waals surface area contributed by atoms with Crippen LogP contribution in [-0.2, 0) is 19.6 Å². The first kappa shape index (κ1) is 16.4. The minimum atomic E-state index is -3.81. The Kier molecular flexibility index (Phi) is 5.31. The van der Waals surface area contributed by atoms with E-state index in [-0.39, 0.29) is 12.6 Å². The van der Waals surface area contributed by atoms with Crippen LogP contribution in [0.15, 0.2) is 0 Å². The van der Waals surface area contributed by atoms with Crippen molar-refractivity contribution in [3.63, 3.8) is 0 Å². The molecule has 1 saturated heterocycles. The molecule has 3 unspecified atom stereocenters. The highest BCUT2D eigenvalue weighted by molar-refractivity contribution is 7.90. The molecule has 0 radical (unpaired) electrons. The second kappa shape index (κ2) is 6.17. The van der Waals surface area contributed by atoms with Gasteiger partial charge in [-0.15, -0.1) is 0 Å². The molecule has 0 bridgehead atoms. The van der Waals surface area contributed by atoms with E-state index >= 15 is 0 Å². The molecule has 3 atom stereocenters. The third-order valence-corrected chi connectivity index (χ3v) is 5.41. The van der Waals surface area contributed by atoms with Crippen LogP contribution in [0.25, 0.3) is 0 Å². The zero-order valence-electron chi connectivity index (χ0n) is 11.7. The van der Waals surface area contributed by atoms with Crippen LogP contribution in [0.5, 0.6) is 0 Å². The molecule has 0 amide bonds. The maximum atomic E-state index is 12.4. The molecule has 1 aliphatic rings. The lowest BCUT2D eigenvalue weighted by molar-refractivity contribution is -0.139. The van der Waals surface area contributed by atoms with Crippen molar-refractivity contribution in [2.24, 2.45) is 0 Å². The lowest BCUT2D eigenvalue weighted by Crippen LogP contribution is -2.47. The summed E-state index contributed by atoms with van der Waals surface area (Å²) in [6.45, 7) is 1.84. The van der Waals surface area contributed by atoms with E-state index in [0.717, 1.165) is 7.11 Å². The molecular weight excluding hydrogens is 272 g/mol. The number of methoxy groups -OCH3 is 1. The Morgan fingerprint density at radius 2 is 2.11 bits per heavy atom.